The van der Waals surface area contributed by atoms with E-state index in [4.69, 9.17) is 23.2 Å². The van der Waals surface area contributed by atoms with Gasteiger partial charge in [-0.25, -0.2) is 0 Å². The van der Waals surface area contributed by atoms with E-state index in [-0.39, 0.29) is 11.0 Å². The molecule has 3 aromatic rings. The fourth-order valence-electron chi connectivity index (χ4n) is 2.33. The van der Waals surface area contributed by atoms with Crippen molar-refractivity contribution in [3.63, 3.8) is 0 Å². The lowest BCUT2D eigenvalue weighted by atomic mass is 10.0. The second-order valence-electron chi connectivity index (χ2n) is 5.19. The normalized spacial score (nSPS) is 11.0. The van der Waals surface area contributed by atoms with Crippen LogP contribution in [-0.4, -0.2) is 11.5 Å². The molecule has 24 heavy (non-hydrogen) atoms. The summed E-state index contributed by atoms with van der Waals surface area (Å²) in [5, 5.41) is 3.39. The number of halogens is 2. The zero-order valence-electron chi connectivity index (χ0n) is 12.6. The third-order valence-electron chi connectivity index (χ3n) is 3.52. The van der Waals surface area contributed by atoms with Crippen molar-refractivity contribution in [2.24, 2.45) is 0 Å². The van der Waals surface area contributed by atoms with Crippen LogP contribution >= 0.6 is 46.3 Å². The molecule has 0 aliphatic heterocycles. The number of thioether (sulfide) groups is 1. The average molecular weight is 393 g/mol. The van der Waals surface area contributed by atoms with E-state index < -0.39 is 0 Å². The molecule has 0 N–H and O–H groups in total. The summed E-state index contributed by atoms with van der Waals surface area (Å²) in [6, 6.07) is 19.3. The molecule has 0 radical (unpaired) electrons. The molecule has 1 aromatic heterocycles. The predicted octanol–water partition coefficient (Wildman–Crippen LogP) is 6.76. The first-order valence-electron chi connectivity index (χ1n) is 7.33. The van der Waals surface area contributed by atoms with E-state index in [1.165, 1.54) is 11.3 Å². The van der Waals surface area contributed by atoms with Crippen LogP contribution in [0.25, 0.3) is 0 Å². The molecular formula is C19H14Cl2OS2. The Hall–Kier alpha value is -1.26. The lowest BCUT2D eigenvalue weighted by Gasteiger charge is -2.17. The number of carbonyl (C=O) groups excluding carboxylic acids is 1. The Labute approximate surface area is 159 Å². The Morgan fingerprint density at radius 2 is 1.46 bits per heavy atom. The first-order valence-corrected chi connectivity index (χ1v) is 10.0. The molecular weight excluding hydrogens is 379 g/mol. The SMILES string of the molecule is O=C(CSC(c1ccc(Cl)cc1)c1ccc(Cl)cc1)c1cccs1. The van der Waals surface area contributed by atoms with Crippen LogP contribution in [0.15, 0.2) is 66.0 Å². The van der Waals surface area contributed by atoms with Gasteiger partial charge in [0.05, 0.1) is 15.9 Å². The highest BCUT2D eigenvalue weighted by Crippen LogP contribution is 2.37. The van der Waals surface area contributed by atoms with Crippen molar-refractivity contribution in [3.8, 4) is 0 Å². The van der Waals surface area contributed by atoms with E-state index in [0.717, 1.165) is 16.0 Å². The van der Waals surface area contributed by atoms with Crippen molar-refractivity contribution in [1.82, 2.24) is 0 Å². The lowest BCUT2D eigenvalue weighted by Crippen LogP contribution is -2.04. The third-order valence-corrected chi connectivity index (χ3v) is 6.24. The van der Waals surface area contributed by atoms with Gasteiger partial charge < -0.3 is 0 Å². The van der Waals surface area contributed by atoms with Crippen molar-refractivity contribution in [2.75, 3.05) is 5.75 Å². The highest BCUT2D eigenvalue weighted by Gasteiger charge is 2.17. The summed E-state index contributed by atoms with van der Waals surface area (Å²) >= 11 is 15.1. The Morgan fingerprint density at radius 1 is 0.917 bits per heavy atom. The Balaban J connectivity index is 1.83. The number of hydrogen-bond donors (Lipinski definition) is 0. The first kappa shape index (κ1) is 17.6. The maximum atomic E-state index is 12.3. The summed E-state index contributed by atoms with van der Waals surface area (Å²) in [6.45, 7) is 0. The van der Waals surface area contributed by atoms with Gasteiger partial charge in [0, 0.05) is 10.0 Å². The van der Waals surface area contributed by atoms with Gasteiger partial charge in [0.15, 0.2) is 5.78 Å². The van der Waals surface area contributed by atoms with E-state index in [1.807, 2.05) is 66.0 Å². The first-order chi connectivity index (χ1) is 11.6. The molecule has 2 aromatic carbocycles. The summed E-state index contributed by atoms with van der Waals surface area (Å²) in [4.78, 5) is 13.1. The van der Waals surface area contributed by atoms with Crippen LogP contribution in [0.2, 0.25) is 10.0 Å². The van der Waals surface area contributed by atoms with Crippen molar-refractivity contribution in [3.05, 3.63) is 92.1 Å². The number of carbonyl (C=O) groups is 1. The molecule has 0 spiro atoms. The molecule has 5 heteroatoms. The molecule has 0 saturated carbocycles. The van der Waals surface area contributed by atoms with E-state index in [1.54, 1.807) is 11.8 Å². The number of Topliss-reactive ketones (excluding diaryl/α,β-unsaturated/α-hetero) is 1. The van der Waals surface area contributed by atoms with E-state index in [0.29, 0.717) is 15.8 Å². The second kappa shape index (κ2) is 8.21. The maximum Gasteiger partial charge on any atom is 0.182 e. The monoisotopic (exact) mass is 392 g/mol. The molecule has 0 amide bonds. The van der Waals surface area contributed by atoms with E-state index in [9.17, 15) is 4.79 Å². The average Bonchev–Trinajstić information content (AvgIpc) is 3.12. The van der Waals surface area contributed by atoms with Crippen molar-refractivity contribution < 1.29 is 4.79 Å². The molecule has 3 rings (SSSR count). The van der Waals surface area contributed by atoms with Gasteiger partial charge in [-0.2, -0.15) is 0 Å². The molecule has 0 saturated heterocycles. The van der Waals surface area contributed by atoms with Crippen LogP contribution < -0.4 is 0 Å². The summed E-state index contributed by atoms with van der Waals surface area (Å²) in [6.07, 6.45) is 0. The lowest BCUT2D eigenvalue weighted by molar-refractivity contribution is 0.102. The van der Waals surface area contributed by atoms with Crippen LogP contribution in [0, 0.1) is 0 Å². The third kappa shape index (κ3) is 4.42. The fraction of sp³-hybridized carbons (Fsp3) is 0.105. The van der Waals surface area contributed by atoms with Gasteiger partial charge in [-0.3, -0.25) is 4.79 Å². The van der Waals surface area contributed by atoms with Crippen molar-refractivity contribution in [1.29, 1.82) is 0 Å². The second-order valence-corrected chi connectivity index (χ2v) is 8.11. The Bertz CT molecular complexity index is 751. The molecule has 1 nitrogen and oxygen atoms in total. The summed E-state index contributed by atoms with van der Waals surface area (Å²) in [5.41, 5.74) is 2.23. The minimum atomic E-state index is 0.0587. The van der Waals surface area contributed by atoms with Crippen molar-refractivity contribution in [2.45, 2.75) is 5.25 Å². The summed E-state index contributed by atoms with van der Waals surface area (Å²) < 4.78 is 0. The zero-order valence-corrected chi connectivity index (χ0v) is 15.8. The number of ketones is 1. The Kier molecular flexibility index (Phi) is 6.01. The van der Waals surface area contributed by atoms with Crippen LogP contribution in [0.3, 0.4) is 0 Å². The van der Waals surface area contributed by atoms with Gasteiger partial charge in [-0.05, 0) is 46.8 Å². The molecule has 0 fully saturated rings. The zero-order chi connectivity index (χ0) is 16.9. The highest BCUT2D eigenvalue weighted by molar-refractivity contribution is 8.00. The predicted molar refractivity (Wildman–Crippen MR) is 106 cm³/mol. The molecule has 0 aliphatic rings. The minimum Gasteiger partial charge on any atom is -0.292 e. The quantitative estimate of drug-likeness (QED) is 0.431. The topological polar surface area (TPSA) is 17.1 Å². The van der Waals surface area contributed by atoms with Gasteiger partial charge in [0.2, 0.25) is 0 Å². The summed E-state index contributed by atoms with van der Waals surface area (Å²) in [7, 11) is 0. The maximum absolute atomic E-state index is 12.3. The molecule has 0 aliphatic carbocycles. The molecule has 0 unspecified atom stereocenters. The van der Waals surface area contributed by atoms with Crippen molar-refractivity contribution >= 4 is 52.1 Å². The van der Waals surface area contributed by atoms with Gasteiger partial charge in [-0.1, -0.05) is 53.5 Å². The smallest absolute Gasteiger partial charge is 0.182 e. The van der Waals surface area contributed by atoms with Gasteiger partial charge in [0.1, 0.15) is 0 Å². The number of thiophene rings is 1. The van der Waals surface area contributed by atoms with Crippen LogP contribution in [0.4, 0.5) is 0 Å². The number of rotatable bonds is 6. The number of benzene rings is 2. The number of hydrogen-bond acceptors (Lipinski definition) is 3. The molecule has 0 bridgehead atoms. The highest BCUT2D eigenvalue weighted by atomic mass is 35.5. The summed E-state index contributed by atoms with van der Waals surface area (Å²) in [5.74, 6) is 0.583. The molecule has 1 heterocycles. The van der Waals surface area contributed by atoms with E-state index >= 15 is 0 Å². The fourth-order valence-corrected chi connectivity index (χ4v) is 4.51. The van der Waals surface area contributed by atoms with Gasteiger partial charge >= 0.3 is 0 Å². The van der Waals surface area contributed by atoms with Crippen LogP contribution in [0.5, 0.6) is 0 Å². The van der Waals surface area contributed by atoms with Gasteiger partial charge in [-0.15, -0.1) is 23.1 Å². The largest absolute Gasteiger partial charge is 0.292 e. The minimum absolute atomic E-state index is 0.0587. The van der Waals surface area contributed by atoms with E-state index in [2.05, 4.69) is 0 Å². The van der Waals surface area contributed by atoms with Crippen LogP contribution in [0.1, 0.15) is 26.0 Å². The molecule has 122 valence electrons. The molecule has 0 atom stereocenters. The van der Waals surface area contributed by atoms with Crippen LogP contribution in [-0.2, 0) is 0 Å². The van der Waals surface area contributed by atoms with Gasteiger partial charge in [0.25, 0.3) is 0 Å². The standard InChI is InChI=1S/C19H14Cl2OS2/c20-15-7-3-13(4-8-15)19(14-5-9-16(21)10-6-14)24-12-17(22)18-2-1-11-23-18/h1-11,19H,12H2. The Morgan fingerprint density at radius 3 is 1.92 bits per heavy atom.